The smallest absolute Gasteiger partial charge is 0.350 e. The van der Waals surface area contributed by atoms with Gasteiger partial charge in [0.05, 0.1) is 13.1 Å². The molecule has 0 aliphatic carbocycles. The Balaban J connectivity index is 1.53. The SMILES string of the molecule is CN=C(NCC(=O)N1CCCc2ccccc21)NCc1nc(C(F)(F)F)cs1. The second kappa shape index (κ2) is 8.59. The molecular formula is C18H20F3N5OS. The van der Waals surface area contributed by atoms with Gasteiger partial charge in [0.1, 0.15) is 5.01 Å². The summed E-state index contributed by atoms with van der Waals surface area (Å²) < 4.78 is 37.8. The molecule has 10 heteroatoms. The van der Waals surface area contributed by atoms with E-state index in [2.05, 4.69) is 20.6 Å². The van der Waals surface area contributed by atoms with Crippen LogP contribution in [0.25, 0.3) is 0 Å². The fourth-order valence-corrected chi connectivity index (χ4v) is 3.69. The van der Waals surface area contributed by atoms with Crippen molar-refractivity contribution in [2.45, 2.75) is 25.6 Å². The molecule has 0 saturated heterocycles. The fourth-order valence-electron chi connectivity index (χ4n) is 2.95. The Morgan fingerprint density at radius 1 is 1.32 bits per heavy atom. The van der Waals surface area contributed by atoms with Gasteiger partial charge in [-0.2, -0.15) is 13.2 Å². The predicted molar refractivity (Wildman–Crippen MR) is 102 cm³/mol. The first-order chi connectivity index (χ1) is 13.4. The normalized spacial score (nSPS) is 14.6. The van der Waals surface area contributed by atoms with Crippen molar-refractivity contribution in [3.8, 4) is 0 Å². The van der Waals surface area contributed by atoms with E-state index < -0.39 is 11.9 Å². The average molecular weight is 411 g/mol. The number of fused-ring (bicyclic) bond motifs is 1. The maximum absolute atomic E-state index is 12.6. The van der Waals surface area contributed by atoms with Crippen LogP contribution in [0.2, 0.25) is 0 Å². The van der Waals surface area contributed by atoms with Crippen LogP contribution in [0, 0.1) is 0 Å². The highest BCUT2D eigenvalue weighted by atomic mass is 32.1. The number of nitrogens with one attached hydrogen (secondary N) is 2. The number of rotatable bonds is 4. The Hall–Kier alpha value is -2.62. The number of aromatic nitrogens is 1. The highest BCUT2D eigenvalue weighted by Gasteiger charge is 2.33. The van der Waals surface area contributed by atoms with Gasteiger partial charge in [0.15, 0.2) is 11.7 Å². The lowest BCUT2D eigenvalue weighted by atomic mass is 10.0. The molecule has 1 aliphatic rings. The van der Waals surface area contributed by atoms with Crippen LogP contribution < -0.4 is 15.5 Å². The van der Waals surface area contributed by atoms with Crippen LogP contribution in [0.1, 0.15) is 22.7 Å². The molecule has 0 unspecified atom stereocenters. The number of guanidine groups is 1. The molecule has 1 amide bonds. The average Bonchev–Trinajstić information content (AvgIpc) is 3.17. The number of nitrogens with zero attached hydrogens (tertiary/aromatic N) is 3. The number of aliphatic imine (C=N–C) groups is 1. The summed E-state index contributed by atoms with van der Waals surface area (Å²) in [6, 6.07) is 7.81. The van der Waals surface area contributed by atoms with Gasteiger partial charge in [0.25, 0.3) is 0 Å². The summed E-state index contributed by atoms with van der Waals surface area (Å²) in [4.78, 5) is 21.9. The van der Waals surface area contributed by atoms with Crippen LogP contribution in [0.15, 0.2) is 34.6 Å². The van der Waals surface area contributed by atoms with Crippen molar-refractivity contribution in [1.29, 1.82) is 0 Å². The van der Waals surface area contributed by atoms with E-state index in [1.807, 2.05) is 24.3 Å². The van der Waals surface area contributed by atoms with Crippen molar-refractivity contribution in [3.63, 3.8) is 0 Å². The number of para-hydroxylation sites is 1. The molecule has 1 aliphatic heterocycles. The third-order valence-corrected chi connectivity index (χ3v) is 5.14. The number of carbonyl (C=O) groups is 1. The number of hydrogen-bond donors (Lipinski definition) is 2. The maximum Gasteiger partial charge on any atom is 0.434 e. The van der Waals surface area contributed by atoms with Gasteiger partial charge in [0, 0.05) is 24.7 Å². The number of carbonyl (C=O) groups excluding carboxylic acids is 1. The van der Waals surface area contributed by atoms with Crippen molar-refractivity contribution in [2.24, 2.45) is 4.99 Å². The van der Waals surface area contributed by atoms with Gasteiger partial charge in [-0.05, 0) is 24.5 Å². The van der Waals surface area contributed by atoms with E-state index in [9.17, 15) is 18.0 Å². The predicted octanol–water partition coefficient (Wildman–Crippen LogP) is 2.81. The topological polar surface area (TPSA) is 69.6 Å². The molecule has 0 atom stereocenters. The quantitative estimate of drug-likeness (QED) is 0.600. The summed E-state index contributed by atoms with van der Waals surface area (Å²) in [6.07, 6.45) is -2.60. The molecule has 1 aromatic heterocycles. The van der Waals surface area contributed by atoms with E-state index in [-0.39, 0.29) is 24.0 Å². The Labute approximate surface area is 164 Å². The van der Waals surface area contributed by atoms with Crippen molar-refractivity contribution in [1.82, 2.24) is 15.6 Å². The van der Waals surface area contributed by atoms with Crippen LogP contribution in [-0.2, 0) is 23.9 Å². The van der Waals surface area contributed by atoms with Crippen LogP contribution >= 0.6 is 11.3 Å². The van der Waals surface area contributed by atoms with Crippen molar-refractivity contribution in [3.05, 3.63) is 45.9 Å². The zero-order valence-electron chi connectivity index (χ0n) is 15.2. The van der Waals surface area contributed by atoms with Gasteiger partial charge >= 0.3 is 6.18 Å². The first-order valence-electron chi connectivity index (χ1n) is 8.73. The van der Waals surface area contributed by atoms with Crippen molar-refractivity contribution in [2.75, 3.05) is 25.0 Å². The standard InChI is InChI=1S/C18H20F3N5OS/c1-22-17(23-9-15-25-14(11-28-15)18(19,20)21)24-10-16(27)26-8-4-6-12-5-2-3-7-13(12)26/h2-3,5,7,11H,4,6,8-10H2,1H3,(H2,22,23,24). The Morgan fingerprint density at radius 2 is 2.11 bits per heavy atom. The number of halogens is 3. The molecule has 0 radical (unpaired) electrons. The lowest BCUT2D eigenvalue weighted by molar-refractivity contribution is -0.140. The van der Waals surface area contributed by atoms with Crippen molar-refractivity contribution >= 4 is 28.9 Å². The summed E-state index contributed by atoms with van der Waals surface area (Å²) in [5.41, 5.74) is 1.16. The van der Waals surface area contributed by atoms with Crippen LogP contribution in [0.5, 0.6) is 0 Å². The lowest BCUT2D eigenvalue weighted by Crippen LogP contribution is -2.45. The summed E-state index contributed by atoms with van der Waals surface area (Å²) >= 11 is 0.917. The number of amides is 1. The Kier molecular flexibility index (Phi) is 6.18. The number of anilines is 1. The van der Waals surface area contributed by atoms with Gasteiger partial charge in [-0.1, -0.05) is 18.2 Å². The summed E-state index contributed by atoms with van der Waals surface area (Å²) in [6.45, 7) is 0.768. The molecule has 0 fully saturated rings. The molecule has 6 nitrogen and oxygen atoms in total. The van der Waals surface area contributed by atoms with Crippen molar-refractivity contribution < 1.29 is 18.0 Å². The molecule has 150 valence electrons. The monoisotopic (exact) mass is 411 g/mol. The minimum atomic E-state index is -4.45. The number of alkyl halides is 3. The molecule has 3 rings (SSSR count). The third kappa shape index (κ3) is 4.80. The Bertz CT molecular complexity index is 865. The zero-order valence-corrected chi connectivity index (χ0v) is 16.0. The highest BCUT2D eigenvalue weighted by molar-refractivity contribution is 7.09. The number of thiazole rings is 1. The van der Waals surface area contributed by atoms with E-state index >= 15 is 0 Å². The number of benzene rings is 1. The highest BCUT2D eigenvalue weighted by Crippen LogP contribution is 2.30. The number of hydrogen-bond acceptors (Lipinski definition) is 4. The van der Waals surface area contributed by atoms with Crippen LogP contribution in [0.4, 0.5) is 18.9 Å². The molecule has 0 spiro atoms. The molecule has 1 aromatic carbocycles. The summed E-state index contributed by atoms with van der Waals surface area (Å²) in [7, 11) is 1.53. The molecule has 28 heavy (non-hydrogen) atoms. The van der Waals surface area contributed by atoms with E-state index in [1.54, 1.807) is 4.90 Å². The third-order valence-electron chi connectivity index (χ3n) is 4.29. The number of aryl methyl sites for hydroxylation is 1. The first kappa shape index (κ1) is 20.1. The molecular weight excluding hydrogens is 391 g/mol. The molecule has 0 saturated carbocycles. The molecule has 2 N–H and O–H groups in total. The Morgan fingerprint density at radius 3 is 2.82 bits per heavy atom. The van der Waals surface area contributed by atoms with Crippen LogP contribution in [-0.4, -0.2) is 37.0 Å². The minimum Gasteiger partial charge on any atom is -0.350 e. The van der Waals surface area contributed by atoms with E-state index in [0.29, 0.717) is 12.5 Å². The molecule has 0 bridgehead atoms. The van der Waals surface area contributed by atoms with Gasteiger partial charge in [-0.25, -0.2) is 4.98 Å². The largest absolute Gasteiger partial charge is 0.434 e. The van der Waals surface area contributed by atoms with E-state index in [4.69, 9.17) is 0 Å². The van der Waals surface area contributed by atoms with Gasteiger partial charge in [-0.3, -0.25) is 9.79 Å². The second-order valence-corrected chi connectivity index (χ2v) is 7.12. The lowest BCUT2D eigenvalue weighted by Gasteiger charge is -2.29. The molecule has 2 aromatic rings. The van der Waals surface area contributed by atoms with E-state index in [1.165, 1.54) is 7.05 Å². The minimum absolute atomic E-state index is 0.0275. The van der Waals surface area contributed by atoms with Gasteiger partial charge in [-0.15, -0.1) is 11.3 Å². The van der Waals surface area contributed by atoms with E-state index in [0.717, 1.165) is 40.8 Å². The van der Waals surface area contributed by atoms with Crippen LogP contribution in [0.3, 0.4) is 0 Å². The van der Waals surface area contributed by atoms with Gasteiger partial charge in [0.2, 0.25) is 5.91 Å². The molecule has 2 heterocycles. The zero-order chi connectivity index (χ0) is 20.1. The second-order valence-electron chi connectivity index (χ2n) is 6.18. The van der Waals surface area contributed by atoms with Gasteiger partial charge < -0.3 is 15.5 Å². The maximum atomic E-state index is 12.6. The fraction of sp³-hybridized carbons (Fsp3) is 0.389. The summed E-state index contributed by atoms with van der Waals surface area (Å²) in [5.74, 6) is 0.228. The first-order valence-corrected chi connectivity index (χ1v) is 9.61. The summed E-state index contributed by atoms with van der Waals surface area (Å²) in [5, 5.41) is 7.04.